The maximum absolute atomic E-state index is 5.96. The third-order valence-corrected chi connectivity index (χ3v) is 3.65. The van der Waals surface area contributed by atoms with Crippen molar-refractivity contribution < 1.29 is 4.74 Å². The predicted octanol–water partition coefficient (Wildman–Crippen LogP) is 4.01. The van der Waals surface area contributed by atoms with Gasteiger partial charge in [0, 0.05) is 34.0 Å². The summed E-state index contributed by atoms with van der Waals surface area (Å²) in [7, 11) is 1.95. The second-order valence-corrected chi connectivity index (χ2v) is 5.77. The van der Waals surface area contributed by atoms with E-state index in [0.717, 1.165) is 15.8 Å². The van der Waals surface area contributed by atoms with Crippen molar-refractivity contribution in [3.63, 3.8) is 0 Å². The Hall–Kier alpha value is -1.39. The van der Waals surface area contributed by atoms with Crippen LogP contribution in [0, 0.1) is 6.92 Å². The Labute approximate surface area is 128 Å². The lowest BCUT2D eigenvalue weighted by molar-refractivity contribution is 0.299. The summed E-state index contributed by atoms with van der Waals surface area (Å²) in [6.45, 7) is 4.73. The van der Waals surface area contributed by atoms with E-state index in [1.165, 1.54) is 11.1 Å². The molecule has 1 unspecified atom stereocenters. The number of hydrogen-bond acceptors (Lipinski definition) is 3. The molecule has 2 aromatic rings. The molecule has 20 heavy (non-hydrogen) atoms. The zero-order valence-corrected chi connectivity index (χ0v) is 13.6. The van der Waals surface area contributed by atoms with Crippen LogP contribution >= 0.6 is 15.9 Å². The molecule has 1 aromatic carbocycles. The Morgan fingerprint density at radius 2 is 2.10 bits per heavy atom. The van der Waals surface area contributed by atoms with Crippen molar-refractivity contribution in [1.82, 2.24) is 10.3 Å². The summed E-state index contributed by atoms with van der Waals surface area (Å²) in [5.41, 5.74) is 3.46. The molecule has 0 aliphatic rings. The van der Waals surface area contributed by atoms with Crippen LogP contribution in [-0.2, 0) is 6.61 Å². The second-order valence-electron chi connectivity index (χ2n) is 4.85. The highest BCUT2D eigenvalue weighted by Crippen LogP contribution is 2.27. The average Bonchev–Trinajstić information content (AvgIpc) is 2.45. The maximum Gasteiger partial charge on any atom is 0.124 e. The third kappa shape index (κ3) is 3.81. The first-order valence-corrected chi connectivity index (χ1v) is 7.39. The minimum Gasteiger partial charge on any atom is -0.489 e. The molecule has 0 aliphatic heterocycles. The molecule has 0 amide bonds. The molecular weight excluding hydrogens is 316 g/mol. The largest absolute Gasteiger partial charge is 0.489 e. The molecule has 2 rings (SSSR count). The summed E-state index contributed by atoms with van der Waals surface area (Å²) in [6.07, 6.45) is 3.59. The van der Waals surface area contributed by atoms with Gasteiger partial charge in [-0.15, -0.1) is 0 Å². The van der Waals surface area contributed by atoms with Crippen LogP contribution in [0.4, 0.5) is 0 Å². The van der Waals surface area contributed by atoms with Gasteiger partial charge in [0.1, 0.15) is 12.4 Å². The number of aryl methyl sites for hydroxylation is 1. The van der Waals surface area contributed by atoms with Crippen molar-refractivity contribution in [3.05, 3.63) is 57.8 Å². The summed E-state index contributed by atoms with van der Waals surface area (Å²) >= 11 is 3.42. The normalized spacial score (nSPS) is 12.2. The van der Waals surface area contributed by atoms with E-state index in [1.807, 2.05) is 25.4 Å². The topological polar surface area (TPSA) is 34.1 Å². The Morgan fingerprint density at radius 1 is 1.30 bits per heavy atom. The SMILES string of the molecule is CNC(C)c1cc(C)ccc1OCc1cncc(Br)c1. The first-order valence-electron chi connectivity index (χ1n) is 6.60. The van der Waals surface area contributed by atoms with E-state index in [2.05, 4.69) is 52.2 Å². The number of aromatic nitrogens is 1. The van der Waals surface area contributed by atoms with Gasteiger partial charge < -0.3 is 10.1 Å². The van der Waals surface area contributed by atoms with E-state index in [9.17, 15) is 0 Å². The van der Waals surface area contributed by atoms with Gasteiger partial charge in [0.05, 0.1) is 0 Å². The molecule has 0 aliphatic carbocycles. The number of nitrogens with zero attached hydrogens (tertiary/aromatic N) is 1. The van der Waals surface area contributed by atoms with Crippen molar-refractivity contribution >= 4 is 15.9 Å². The van der Waals surface area contributed by atoms with Crippen LogP contribution in [-0.4, -0.2) is 12.0 Å². The molecular formula is C16H19BrN2O. The van der Waals surface area contributed by atoms with Gasteiger partial charge in [-0.25, -0.2) is 0 Å². The van der Waals surface area contributed by atoms with Crippen molar-refractivity contribution in [2.24, 2.45) is 0 Å². The van der Waals surface area contributed by atoms with Crippen LogP contribution in [0.1, 0.15) is 29.7 Å². The summed E-state index contributed by atoms with van der Waals surface area (Å²) in [5, 5.41) is 3.26. The average molecular weight is 335 g/mol. The van der Waals surface area contributed by atoms with Crippen molar-refractivity contribution in [1.29, 1.82) is 0 Å². The second kappa shape index (κ2) is 6.86. The lowest BCUT2D eigenvalue weighted by Crippen LogP contribution is -2.14. The van der Waals surface area contributed by atoms with Crippen LogP contribution in [0.15, 0.2) is 41.1 Å². The molecule has 4 heteroatoms. The summed E-state index contributed by atoms with van der Waals surface area (Å²) in [4.78, 5) is 4.15. The number of halogens is 1. The fraction of sp³-hybridized carbons (Fsp3) is 0.312. The van der Waals surface area contributed by atoms with Crippen LogP contribution in [0.25, 0.3) is 0 Å². The Morgan fingerprint density at radius 3 is 2.80 bits per heavy atom. The minimum absolute atomic E-state index is 0.255. The molecule has 1 heterocycles. The van der Waals surface area contributed by atoms with E-state index in [1.54, 1.807) is 6.20 Å². The lowest BCUT2D eigenvalue weighted by atomic mass is 10.0. The highest BCUT2D eigenvalue weighted by Gasteiger charge is 2.10. The number of nitrogens with one attached hydrogen (secondary N) is 1. The van der Waals surface area contributed by atoms with E-state index in [-0.39, 0.29) is 6.04 Å². The summed E-state index contributed by atoms with van der Waals surface area (Å²) in [6, 6.07) is 8.54. The molecule has 1 N–H and O–H groups in total. The van der Waals surface area contributed by atoms with Crippen LogP contribution in [0.5, 0.6) is 5.75 Å². The fourth-order valence-electron chi connectivity index (χ4n) is 1.99. The zero-order valence-electron chi connectivity index (χ0n) is 12.0. The smallest absolute Gasteiger partial charge is 0.124 e. The fourth-order valence-corrected chi connectivity index (χ4v) is 2.40. The Bertz CT molecular complexity index is 586. The van der Waals surface area contributed by atoms with E-state index in [0.29, 0.717) is 6.61 Å². The Kier molecular flexibility index (Phi) is 5.15. The van der Waals surface area contributed by atoms with E-state index < -0.39 is 0 Å². The number of pyridine rings is 1. The highest BCUT2D eigenvalue weighted by molar-refractivity contribution is 9.10. The Balaban J connectivity index is 2.16. The van der Waals surface area contributed by atoms with Gasteiger partial charge in [-0.2, -0.15) is 0 Å². The first kappa shape index (κ1) is 15.0. The van der Waals surface area contributed by atoms with Crippen molar-refractivity contribution in [2.45, 2.75) is 26.5 Å². The van der Waals surface area contributed by atoms with E-state index in [4.69, 9.17) is 4.74 Å². The van der Waals surface area contributed by atoms with Gasteiger partial charge in [-0.05, 0) is 49.0 Å². The van der Waals surface area contributed by atoms with Crippen molar-refractivity contribution in [3.8, 4) is 5.75 Å². The molecule has 0 saturated heterocycles. The van der Waals surface area contributed by atoms with Crippen molar-refractivity contribution in [2.75, 3.05) is 7.05 Å². The summed E-state index contributed by atoms with van der Waals surface area (Å²) in [5.74, 6) is 0.914. The molecule has 1 atom stereocenters. The van der Waals surface area contributed by atoms with Gasteiger partial charge in [0.15, 0.2) is 0 Å². The molecule has 0 spiro atoms. The van der Waals surface area contributed by atoms with E-state index >= 15 is 0 Å². The van der Waals surface area contributed by atoms with Gasteiger partial charge in [-0.1, -0.05) is 17.7 Å². The minimum atomic E-state index is 0.255. The molecule has 3 nitrogen and oxygen atoms in total. The zero-order chi connectivity index (χ0) is 14.5. The standard InChI is InChI=1S/C16H19BrN2O/c1-11-4-5-16(15(6-11)12(2)18-3)20-10-13-7-14(17)9-19-8-13/h4-9,12,18H,10H2,1-3H3. The molecule has 0 fully saturated rings. The van der Waals surface area contributed by atoms with Crippen LogP contribution < -0.4 is 10.1 Å². The monoisotopic (exact) mass is 334 g/mol. The van der Waals surface area contributed by atoms with Crippen LogP contribution in [0.2, 0.25) is 0 Å². The molecule has 0 saturated carbocycles. The third-order valence-electron chi connectivity index (χ3n) is 3.22. The molecule has 0 radical (unpaired) electrons. The van der Waals surface area contributed by atoms with Crippen LogP contribution in [0.3, 0.4) is 0 Å². The quantitative estimate of drug-likeness (QED) is 0.896. The lowest BCUT2D eigenvalue weighted by Gasteiger charge is -2.17. The molecule has 0 bridgehead atoms. The number of hydrogen-bond donors (Lipinski definition) is 1. The molecule has 106 valence electrons. The summed E-state index contributed by atoms with van der Waals surface area (Å²) < 4.78 is 6.92. The maximum atomic E-state index is 5.96. The number of benzene rings is 1. The van der Waals surface area contributed by atoms with Gasteiger partial charge in [0.25, 0.3) is 0 Å². The van der Waals surface area contributed by atoms with Gasteiger partial charge in [-0.3, -0.25) is 4.98 Å². The first-order chi connectivity index (χ1) is 9.60. The predicted molar refractivity (Wildman–Crippen MR) is 84.9 cm³/mol. The highest BCUT2D eigenvalue weighted by atomic mass is 79.9. The van der Waals surface area contributed by atoms with Gasteiger partial charge in [0.2, 0.25) is 0 Å². The number of ether oxygens (including phenoxy) is 1. The number of rotatable bonds is 5. The molecule has 1 aromatic heterocycles. The van der Waals surface area contributed by atoms with Gasteiger partial charge >= 0.3 is 0 Å².